The molecule has 1 aromatic heterocycles. The quantitative estimate of drug-likeness (QED) is 0.838. The molecule has 1 N–H and O–H groups in total. The third kappa shape index (κ3) is 3.34. The van der Waals surface area contributed by atoms with Gasteiger partial charge in [0.1, 0.15) is 5.76 Å². The van der Waals surface area contributed by atoms with E-state index in [0.29, 0.717) is 12.3 Å². The summed E-state index contributed by atoms with van der Waals surface area (Å²) in [5.74, 6) is 0.379. The van der Waals surface area contributed by atoms with Gasteiger partial charge in [-0.1, -0.05) is 5.16 Å². The lowest BCUT2D eigenvalue weighted by Crippen LogP contribution is -2.42. The SMILES string of the molecule is CCN(CC(C)(C)O)C(=O)c1cc(C)on1. The maximum atomic E-state index is 12.0. The van der Waals surface area contributed by atoms with Gasteiger partial charge in [-0.25, -0.2) is 0 Å². The van der Waals surface area contributed by atoms with Gasteiger partial charge in [-0.15, -0.1) is 0 Å². The van der Waals surface area contributed by atoms with E-state index >= 15 is 0 Å². The number of rotatable bonds is 4. The fourth-order valence-electron chi connectivity index (χ4n) is 1.42. The van der Waals surface area contributed by atoms with Crippen LogP contribution in [0.2, 0.25) is 0 Å². The molecule has 0 atom stereocenters. The monoisotopic (exact) mass is 226 g/mol. The number of aromatic nitrogens is 1. The van der Waals surface area contributed by atoms with Crippen molar-refractivity contribution < 1.29 is 14.4 Å². The first-order valence-corrected chi connectivity index (χ1v) is 5.28. The molecule has 0 aliphatic rings. The molecule has 1 aromatic rings. The summed E-state index contributed by atoms with van der Waals surface area (Å²) in [7, 11) is 0. The minimum Gasteiger partial charge on any atom is -0.389 e. The smallest absolute Gasteiger partial charge is 0.276 e. The molecule has 0 unspecified atom stereocenters. The number of carbonyl (C=O) groups is 1. The summed E-state index contributed by atoms with van der Waals surface area (Å²) < 4.78 is 4.85. The summed E-state index contributed by atoms with van der Waals surface area (Å²) in [6.07, 6.45) is 0. The van der Waals surface area contributed by atoms with Gasteiger partial charge in [-0.2, -0.15) is 0 Å². The minimum atomic E-state index is -0.912. The highest BCUT2D eigenvalue weighted by atomic mass is 16.5. The second kappa shape index (κ2) is 4.65. The highest BCUT2D eigenvalue weighted by Crippen LogP contribution is 2.10. The van der Waals surface area contributed by atoms with E-state index in [2.05, 4.69) is 5.16 Å². The Morgan fingerprint density at radius 3 is 2.62 bits per heavy atom. The van der Waals surface area contributed by atoms with E-state index in [4.69, 9.17) is 4.52 Å². The zero-order chi connectivity index (χ0) is 12.3. The third-order valence-corrected chi connectivity index (χ3v) is 2.09. The molecular formula is C11H18N2O3. The van der Waals surface area contributed by atoms with Crippen LogP contribution in [0.4, 0.5) is 0 Å². The number of hydrogen-bond acceptors (Lipinski definition) is 4. The van der Waals surface area contributed by atoms with Crippen molar-refractivity contribution in [3.05, 3.63) is 17.5 Å². The van der Waals surface area contributed by atoms with Gasteiger partial charge >= 0.3 is 0 Å². The van der Waals surface area contributed by atoms with Crippen molar-refractivity contribution >= 4 is 5.91 Å². The average Bonchev–Trinajstić information content (AvgIpc) is 2.58. The largest absolute Gasteiger partial charge is 0.389 e. The Morgan fingerprint density at radius 1 is 1.62 bits per heavy atom. The highest BCUT2D eigenvalue weighted by Gasteiger charge is 2.24. The van der Waals surface area contributed by atoms with Crippen LogP contribution in [0.5, 0.6) is 0 Å². The summed E-state index contributed by atoms with van der Waals surface area (Å²) >= 11 is 0. The van der Waals surface area contributed by atoms with Crippen LogP contribution in [0.1, 0.15) is 37.0 Å². The zero-order valence-electron chi connectivity index (χ0n) is 10.1. The van der Waals surface area contributed by atoms with Gasteiger partial charge in [0.25, 0.3) is 5.91 Å². The molecule has 16 heavy (non-hydrogen) atoms. The van der Waals surface area contributed by atoms with Crippen LogP contribution in [0.15, 0.2) is 10.6 Å². The highest BCUT2D eigenvalue weighted by molar-refractivity contribution is 5.92. The van der Waals surface area contributed by atoms with Crippen LogP contribution in [-0.4, -0.2) is 39.8 Å². The Kier molecular flexibility index (Phi) is 3.70. The molecule has 5 nitrogen and oxygen atoms in total. The zero-order valence-corrected chi connectivity index (χ0v) is 10.1. The van der Waals surface area contributed by atoms with Gasteiger partial charge < -0.3 is 14.5 Å². The fraction of sp³-hybridized carbons (Fsp3) is 0.636. The van der Waals surface area contributed by atoms with Crippen LogP contribution >= 0.6 is 0 Å². The van der Waals surface area contributed by atoms with Crippen molar-refractivity contribution in [2.45, 2.75) is 33.3 Å². The van der Waals surface area contributed by atoms with E-state index in [1.54, 1.807) is 26.8 Å². The molecular weight excluding hydrogens is 208 g/mol. The molecule has 0 radical (unpaired) electrons. The van der Waals surface area contributed by atoms with E-state index in [1.807, 2.05) is 6.92 Å². The molecule has 5 heteroatoms. The lowest BCUT2D eigenvalue weighted by atomic mass is 10.1. The summed E-state index contributed by atoms with van der Waals surface area (Å²) in [4.78, 5) is 13.5. The third-order valence-electron chi connectivity index (χ3n) is 2.09. The lowest BCUT2D eigenvalue weighted by Gasteiger charge is -2.27. The second-order valence-electron chi connectivity index (χ2n) is 4.45. The Bertz CT molecular complexity index is 366. The number of likely N-dealkylation sites (N-methyl/N-ethyl adjacent to an activating group) is 1. The molecule has 1 heterocycles. The van der Waals surface area contributed by atoms with Gasteiger partial charge in [0, 0.05) is 19.2 Å². The molecule has 0 bridgehead atoms. The van der Waals surface area contributed by atoms with Gasteiger partial charge in [0.15, 0.2) is 5.69 Å². The predicted molar refractivity (Wildman–Crippen MR) is 59.1 cm³/mol. The van der Waals surface area contributed by atoms with E-state index < -0.39 is 5.60 Å². The van der Waals surface area contributed by atoms with Gasteiger partial charge in [0.2, 0.25) is 0 Å². The fourth-order valence-corrected chi connectivity index (χ4v) is 1.42. The van der Waals surface area contributed by atoms with Crippen molar-refractivity contribution in [2.24, 2.45) is 0 Å². The standard InChI is InChI=1S/C11H18N2O3/c1-5-13(7-11(3,4)15)10(14)9-6-8(2)16-12-9/h6,15H,5,7H2,1-4H3. The Morgan fingerprint density at radius 2 is 2.25 bits per heavy atom. The number of aryl methyl sites for hydroxylation is 1. The van der Waals surface area contributed by atoms with Crippen molar-refractivity contribution in [2.75, 3.05) is 13.1 Å². The van der Waals surface area contributed by atoms with Crippen LogP contribution in [-0.2, 0) is 0 Å². The van der Waals surface area contributed by atoms with Gasteiger partial charge in [-0.3, -0.25) is 4.79 Å². The van der Waals surface area contributed by atoms with Gasteiger partial charge in [-0.05, 0) is 27.7 Å². The van der Waals surface area contributed by atoms with Crippen molar-refractivity contribution in [1.29, 1.82) is 0 Å². The Balaban J connectivity index is 2.78. The van der Waals surface area contributed by atoms with E-state index in [-0.39, 0.29) is 18.1 Å². The average molecular weight is 226 g/mol. The molecule has 0 saturated carbocycles. The van der Waals surface area contributed by atoms with E-state index in [0.717, 1.165) is 0 Å². The lowest BCUT2D eigenvalue weighted by molar-refractivity contribution is 0.0309. The molecule has 1 rings (SSSR count). The maximum Gasteiger partial charge on any atom is 0.276 e. The summed E-state index contributed by atoms with van der Waals surface area (Å²) in [5.41, 5.74) is -0.631. The van der Waals surface area contributed by atoms with Crippen LogP contribution in [0, 0.1) is 6.92 Å². The molecule has 0 aliphatic carbocycles. The molecule has 0 aromatic carbocycles. The topological polar surface area (TPSA) is 66.6 Å². The number of aliphatic hydroxyl groups is 1. The molecule has 1 amide bonds. The second-order valence-corrected chi connectivity index (χ2v) is 4.45. The summed E-state index contributed by atoms with van der Waals surface area (Å²) in [6.45, 7) is 7.71. The number of hydrogen-bond donors (Lipinski definition) is 1. The normalized spacial score (nSPS) is 11.6. The number of amides is 1. The Labute approximate surface area is 95.0 Å². The predicted octanol–water partition coefficient (Wildman–Crippen LogP) is 1.22. The van der Waals surface area contributed by atoms with Crippen LogP contribution in [0.25, 0.3) is 0 Å². The maximum absolute atomic E-state index is 12.0. The summed E-state index contributed by atoms with van der Waals surface area (Å²) in [6, 6.07) is 1.59. The van der Waals surface area contributed by atoms with Crippen molar-refractivity contribution in [3.63, 3.8) is 0 Å². The summed E-state index contributed by atoms with van der Waals surface area (Å²) in [5, 5.41) is 13.3. The van der Waals surface area contributed by atoms with Crippen LogP contribution < -0.4 is 0 Å². The molecule has 0 saturated heterocycles. The molecule has 0 spiro atoms. The van der Waals surface area contributed by atoms with Gasteiger partial charge in [0.05, 0.1) is 5.60 Å². The van der Waals surface area contributed by atoms with Crippen LogP contribution in [0.3, 0.4) is 0 Å². The van der Waals surface area contributed by atoms with E-state index in [9.17, 15) is 9.90 Å². The number of carbonyl (C=O) groups excluding carboxylic acids is 1. The first-order valence-electron chi connectivity index (χ1n) is 5.28. The first kappa shape index (κ1) is 12.7. The molecule has 90 valence electrons. The van der Waals surface area contributed by atoms with Crippen molar-refractivity contribution in [1.82, 2.24) is 10.1 Å². The van der Waals surface area contributed by atoms with E-state index in [1.165, 1.54) is 4.90 Å². The molecule has 0 aliphatic heterocycles. The van der Waals surface area contributed by atoms with Crippen molar-refractivity contribution in [3.8, 4) is 0 Å². The molecule has 0 fully saturated rings. The minimum absolute atomic E-state index is 0.221. The number of nitrogens with zero attached hydrogens (tertiary/aromatic N) is 2. The first-order chi connectivity index (χ1) is 7.33. The Hall–Kier alpha value is -1.36.